The Morgan fingerprint density at radius 2 is 2.11 bits per heavy atom. The number of rotatable bonds is 5. The third-order valence-corrected chi connectivity index (χ3v) is 4.06. The van der Waals surface area contributed by atoms with Gasteiger partial charge in [-0.05, 0) is 30.3 Å². The second-order valence-electron chi connectivity index (χ2n) is 5.52. The zero-order valence-electron chi connectivity index (χ0n) is 14.2. The summed E-state index contributed by atoms with van der Waals surface area (Å²) in [6, 6.07) is 9.81. The Bertz CT molecular complexity index is 1090. The number of nitrogens with zero attached hydrogens (tertiary/aromatic N) is 2. The molecule has 0 aliphatic rings. The van der Waals surface area contributed by atoms with Crippen LogP contribution in [-0.4, -0.2) is 27.6 Å². The van der Waals surface area contributed by atoms with E-state index in [1.54, 1.807) is 36.5 Å². The number of carbonyl (C=O) groups is 1. The molecule has 3 rings (SSSR count). The van der Waals surface area contributed by atoms with Crippen molar-refractivity contribution < 1.29 is 9.53 Å². The number of hydrogen-bond donors (Lipinski definition) is 2. The van der Waals surface area contributed by atoms with Crippen molar-refractivity contribution in [3.05, 3.63) is 85.9 Å². The molecule has 8 nitrogen and oxygen atoms in total. The van der Waals surface area contributed by atoms with Gasteiger partial charge >= 0.3 is 5.69 Å². The van der Waals surface area contributed by atoms with Crippen LogP contribution in [0.3, 0.4) is 0 Å². The number of ether oxygens (including phenoxy) is 1. The summed E-state index contributed by atoms with van der Waals surface area (Å²) in [5, 5.41) is 2.88. The predicted octanol–water partition coefficient (Wildman–Crippen LogP) is 1.89. The molecule has 9 heteroatoms. The molecule has 0 unspecified atom stereocenters. The number of amides is 1. The maximum absolute atomic E-state index is 12.6. The van der Waals surface area contributed by atoms with Crippen LogP contribution >= 0.6 is 11.6 Å². The second-order valence-corrected chi connectivity index (χ2v) is 5.93. The summed E-state index contributed by atoms with van der Waals surface area (Å²) in [6.45, 7) is -0.0511. The fraction of sp³-hybridized carbons (Fsp3) is 0.111. The van der Waals surface area contributed by atoms with Crippen LogP contribution in [-0.2, 0) is 6.54 Å². The lowest BCUT2D eigenvalue weighted by Crippen LogP contribution is -2.39. The molecule has 2 N–H and O–H groups in total. The molecule has 2 heterocycles. The number of halogens is 1. The summed E-state index contributed by atoms with van der Waals surface area (Å²) in [5.74, 6) is -0.219. The molecule has 138 valence electrons. The lowest BCUT2D eigenvalue weighted by molar-refractivity contribution is 0.102. The van der Waals surface area contributed by atoms with Crippen LogP contribution in [0.25, 0.3) is 0 Å². The molecule has 3 aromatic rings. The standard InChI is InChI=1S/C18H15ClN4O4/c1-27-15-6-5-11(8-14(15)19)22-16(24)13-9-21-18(26)23(17(13)25)10-12-4-2-3-7-20-12/h2-9H,10H2,1H3,(H,21,26)(H,22,24). The molecule has 0 saturated carbocycles. The first kappa shape index (κ1) is 18.4. The zero-order valence-corrected chi connectivity index (χ0v) is 15.0. The first-order valence-corrected chi connectivity index (χ1v) is 8.24. The molecular weight excluding hydrogens is 372 g/mol. The van der Waals surface area contributed by atoms with Crippen LogP contribution in [0, 0.1) is 0 Å². The maximum atomic E-state index is 12.6. The number of aromatic nitrogens is 3. The van der Waals surface area contributed by atoms with E-state index < -0.39 is 17.2 Å². The monoisotopic (exact) mass is 386 g/mol. The van der Waals surface area contributed by atoms with Gasteiger partial charge in [-0.15, -0.1) is 0 Å². The lowest BCUT2D eigenvalue weighted by Gasteiger charge is -2.09. The van der Waals surface area contributed by atoms with Crippen LogP contribution in [0.1, 0.15) is 16.1 Å². The van der Waals surface area contributed by atoms with Gasteiger partial charge in [0.2, 0.25) is 0 Å². The van der Waals surface area contributed by atoms with E-state index in [1.165, 1.54) is 13.2 Å². The highest BCUT2D eigenvalue weighted by molar-refractivity contribution is 6.32. The van der Waals surface area contributed by atoms with Crippen LogP contribution in [0.15, 0.2) is 58.4 Å². The second kappa shape index (κ2) is 7.88. The number of carbonyl (C=O) groups excluding carboxylic acids is 1. The van der Waals surface area contributed by atoms with Gasteiger partial charge in [0.05, 0.1) is 24.4 Å². The molecule has 0 saturated heterocycles. The van der Waals surface area contributed by atoms with E-state index in [0.717, 1.165) is 10.8 Å². The van der Waals surface area contributed by atoms with Gasteiger partial charge in [0, 0.05) is 18.1 Å². The van der Waals surface area contributed by atoms with Crippen molar-refractivity contribution >= 4 is 23.2 Å². The molecule has 0 aliphatic carbocycles. The molecule has 27 heavy (non-hydrogen) atoms. The highest BCUT2D eigenvalue weighted by Crippen LogP contribution is 2.27. The van der Waals surface area contributed by atoms with Crippen molar-refractivity contribution in [3.8, 4) is 5.75 Å². The zero-order chi connectivity index (χ0) is 19.4. The molecule has 2 aromatic heterocycles. The number of pyridine rings is 1. The van der Waals surface area contributed by atoms with Crippen LogP contribution in [0.5, 0.6) is 5.75 Å². The fourth-order valence-electron chi connectivity index (χ4n) is 2.41. The first-order chi connectivity index (χ1) is 13.0. The van der Waals surface area contributed by atoms with Gasteiger partial charge in [-0.2, -0.15) is 0 Å². The van der Waals surface area contributed by atoms with E-state index in [4.69, 9.17) is 16.3 Å². The molecule has 0 atom stereocenters. The minimum Gasteiger partial charge on any atom is -0.495 e. The Balaban J connectivity index is 1.89. The van der Waals surface area contributed by atoms with Crippen LogP contribution < -0.4 is 21.3 Å². The predicted molar refractivity (Wildman–Crippen MR) is 101 cm³/mol. The summed E-state index contributed by atoms with van der Waals surface area (Å²) in [7, 11) is 1.48. The van der Waals surface area contributed by atoms with E-state index in [1.807, 2.05) is 0 Å². The van der Waals surface area contributed by atoms with Crippen molar-refractivity contribution in [2.24, 2.45) is 0 Å². The smallest absolute Gasteiger partial charge is 0.328 e. The van der Waals surface area contributed by atoms with E-state index in [9.17, 15) is 14.4 Å². The highest BCUT2D eigenvalue weighted by Gasteiger charge is 2.16. The number of methoxy groups -OCH3 is 1. The minimum absolute atomic E-state index is 0.0511. The van der Waals surface area contributed by atoms with Crippen LogP contribution in [0.2, 0.25) is 5.02 Å². The Morgan fingerprint density at radius 3 is 2.78 bits per heavy atom. The average molecular weight is 387 g/mol. The van der Waals surface area contributed by atoms with Crippen molar-refractivity contribution in [3.63, 3.8) is 0 Å². The summed E-state index contributed by atoms with van der Waals surface area (Å²) in [4.78, 5) is 43.6. The maximum Gasteiger partial charge on any atom is 0.328 e. The molecule has 0 aliphatic heterocycles. The number of H-pyrrole nitrogens is 1. The average Bonchev–Trinajstić information content (AvgIpc) is 2.66. The van der Waals surface area contributed by atoms with Gasteiger partial charge in [0.15, 0.2) is 0 Å². The molecule has 0 bridgehead atoms. The summed E-state index contributed by atoms with van der Waals surface area (Å²) in [6.07, 6.45) is 2.64. The van der Waals surface area contributed by atoms with Crippen molar-refractivity contribution in [2.75, 3.05) is 12.4 Å². The SMILES string of the molecule is COc1ccc(NC(=O)c2c[nH]c(=O)n(Cc3ccccn3)c2=O)cc1Cl. The summed E-state index contributed by atoms with van der Waals surface area (Å²) >= 11 is 6.03. The Hall–Kier alpha value is -3.39. The number of anilines is 1. The Labute approximate surface area is 158 Å². The van der Waals surface area contributed by atoms with Crippen molar-refractivity contribution in [1.82, 2.24) is 14.5 Å². The van der Waals surface area contributed by atoms with Crippen LogP contribution in [0.4, 0.5) is 5.69 Å². The normalized spacial score (nSPS) is 10.4. The van der Waals surface area contributed by atoms with Gasteiger partial charge in [0.25, 0.3) is 11.5 Å². The highest BCUT2D eigenvalue weighted by atomic mass is 35.5. The molecule has 0 radical (unpaired) electrons. The number of benzene rings is 1. The van der Waals surface area contributed by atoms with E-state index in [-0.39, 0.29) is 12.1 Å². The molecule has 0 spiro atoms. The van der Waals surface area contributed by atoms with E-state index in [0.29, 0.717) is 22.2 Å². The largest absolute Gasteiger partial charge is 0.495 e. The first-order valence-electron chi connectivity index (χ1n) is 7.87. The number of nitrogens with one attached hydrogen (secondary N) is 2. The molecular formula is C18H15ClN4O4. The van der Waals surface area contributed by atoms with Gasteiger partial charge < -0.3 is 15.0 Å². The van der Waals surface area contributed by atoms with Gasteiger partial charge in [-0.25, -0.2) is 4.79 Å². The third kappa shape index (κ3) is 4.06. The number of aromatic amines is 1. The number of hydrogen-bond acceptors (Lipinski definition) is 5. The third-order valence-electron chi connectivity index (χ3n) is 3.76. The summed E-state index contributed by atoms with van der Waals surface area (Å²) < 4.78 is 5.97. The van der Waals surface area contributed by atoms with Crippen molar-refractivity contribution in [1.29, 1.82) is 0 Å². The summed E-state index contributed by atoms with van der Waals surface area (Å²) in [5.41, 5.74) is -0.661. The van der Waals surface area contributed by atoms with E-state index in [2.05, 4.69) is 15.3 Å². The van der Waals surface area contributed by atoms with Crippen molar-refractivity contribution in [2.45, 2.75) is 6.54 Å². The molecule has 1 aromatic carbocycles. The lowest BCUT2D eigenvalue weighted by atomic mass is 10.2. The minimum atomic E-state index is -0.721. The van der Waals surface area contributed by atoms with Gasteiger partial charge in [0.1, 0.15) is 11.3 Å². The van der Waals surface area contributed by atoms with Gasteiger partial charge in [-0.1, -0.05) is 17.7 Å². The molecule has 1 amide bonds. The Morgan fingerprint density at radius 1 is 1.30 bits per heavy atom. The topological polar surface area (TPSA) is 106 Å². The van der Waals surface area contributed by atoms with E-state index >= 15 is 0 Å². The van der Waals surface area contributed by atoms with Gasteiger partial charge in [-0.3, -0.25) is 19.1 Å². The fourth-order valence-corrected chi connectivity index (χ4v) is 2.67. The quantitative estimate of drug-likeness (QED) is 0.696. The molecule has 0 fully saturated rings. The Kier molecular flexibility index (Phi) is 5.37.